The van der Waals surface area contributed by atoms with Crippen molar-refractivity contribution in [1.29, 1.82) is 0 Å². The molecule has 1 aliphatic heterocycles. The molecule has 3 nitrogen and oxygen atoms in total. The molecule has 0 aromatic heterocycles. The molecule has 0 aromatic rings. The number of allylic oxidation sites excluding steroid dienone is 3. The molecule has 1 saturated heterocycles. The molecule has 1 aliphatic carbocycles. The van der Waals surface area contributed by atoms with E-state index in [1.165, 1.54) is 11.4 Å². The van der Waals surface area contributed by atoms with Gasteiger partial charge >= 0.3 is 147 Å². The van der Waals surface area contributed by atoms with Gasteiger partial charge in [0.2, 0.25) is 0 Å². The largest absolute Gasteiger partial charge is 0.813 e. The summed E-state index contributed by atoms with van der Waals surface area (Å²) in [5.41, 5.74) is 5.78. The van der Waals surface area contributed by atoms with Crippen LogP contribution < -0.4 is 0 Å². The molecule has 0 amide bonds. The van der Waals surface area contributed by atoms with Crippen molar-refractivity contribution in [3.05, 3.63) is 41.4 Å². The Labute approximate surface area is 160 Å². The second-order valence-electron chi connectivity index (χ2n) is 9.11. The SMILES string of the molecule is CC(C)(C)[O][Ge]1[N](C(C)(C)C)C2=C=CC=CC=C2[N]1C(C)(C)C.[SH-]. The first-order valence-electron chi connectivity index (χ1n) is 8.33. The minimum atomic E-state index is -2.22. The summed E-state index contributed by atoms with van der Waals surface area (Å²) in [5, 5.41) is 0. The van der Waals surface area contributed by atoms with E-state index in [1.54, 1.807) is 0 Å². The van der Waals surface area contributed by atoms with Gasteiger partial charge < -0.3 is 13.5 Å². The van der Waals surface area contributed by atoms with Crippen molar-refractivity contribution in [1.82, 2.24) is 7.71 Å². The number of hydrogen-bond acceptors (Lipinski definition) is 4. The molecule has 0 bridgehead atoms. The van der Waals surface area contributed by atoms with Crippen molar-refractivity contribution >= 4 is 28.6 Å². The van der Waals surface area contributed by atoms with Crippen LogP contribution in [0.1, 0.15) is 62.3 Å². The Hall–Kier alpha value is -0.547. The summed E-state index contributed by atoms with van der Waals surface area (Å²) in [6.07, 6.45) is 8.37. The summed E-state index contributed by atoms with van der Waals surface area (Å²) in [5.74, 6) is 0. The van der Waals surface area contributed by atoms with Gasteiger partial charge in [-0.1, -0.05) is 0 Å². The average molecular weight is 409 g/mol. The van der Waals surface area contributed by atoms with Gasteiger partial charge in [-0.2, -0.15) is 0 Å². The Morgan fingerprint density at radius 3 is 1.88 bits per heavy atom. The van der Waals surface area contributed by atoms with E-state index in [4.69, 9.17) is 3.76 Å². The number of nitrogens with zero attached hydrogens (tertiary/aromatic N) is 2. The fourth-order valence-electron chi connectivity index (χ4n) is 2.78. The van der Waals surface area contributed by atoms with E-state index in [0.717, 1.165) is 0 Å². The Bertz CT molecular complexity index is 596. The predicted octanol–water partition coefficient (Wildman–Crippen LogP) is 4.22. The van der Waals surface area contributed by atoms with E-state index in [1.807, 2.05) is 12.2 Å². The van der Waals surface area contributed by atoms with E-state index in [0.29, 0.717) is 0 Å². The van der Waals surface area contributed by atoms with Gasteiger partial charge in [0.15, 0.2) is 0 Å². The molecular formula is C19H32GeN2OS-. The normalized spacial score (nSPS) is 18.9. The van der Waals surface area contributed by atoms with E-state index in [2.05, 4.69) is 87.9 Å². The first-order valence-corrected chi connectivity index (χ1v) is 11.1. The van der Waals surface area contributed by atoms with Crippen molar-refractivity contribution in [2.45, 2.75) is 79.0 Å². The molecule has 0 saturated carbocycles. The minimum absolute atomic E-state index is 0. The van der Waals surface area contributed by atoms with Crippen LogP contribution in [0, 0.1) is 0 Å². The molecule has 2 aliphatic rings. The number of hydrogen-bond donors (Lipinski definition) is 0. The Morgan fingerprint density at radius 1 is 0.875 bits per heavy atom. The quantitative estimate of drug-likeness (QED) is 0.279. The van der Waals surface area contributed by atoms with Crippen LogP contribution in [0.25, 0.3) is 0 Å². The summed E-state index contributed by atoms with van der Waals surface area (Å²) in [6, 6.07) is 0. The van der Waals surface area contributed by atoms with Crippen LogP contribution in [0.3, 0.4) is 0 Å². The van der Waals surface area contributed by atoms with Gasteiger partial charge in [-0.3, -0.25) is 0 Å². The number of fused-ring (bicyclic) bond motifs is 1. The first-order chi connectivity index (χ1) is 10.3. The van der Waals surface area contributed by atoms with Crippen LogP contribution in [0.4, 0.5) is 0 Å². The zero-order valence-electron chi connectivity index (χ0n) is 16.6. The fourth-order valence-corrected chi connectivity index (χ4v) is 8.72. The Balaban J connectivity index is 0.00000288. The summed E-state index contributed by atoms with van der Waals surface area (Å²) in [6.45, 7) is 20.1. The molecular weight excluding hydrogens is 377 g/mol. The molecule has 0 aromatic carbocycles. The van der Waals surface area contributed by atoms with Gasteiger partial charge in [0, 0.05) is 0 Å². The van der Waals surface area contributed by atoms with Gasteiger partial charge in [-0.25, -0.2) is 0 Å². The van der Waals surface area contributed by atoms with E-state index >= 15 is 0 Å². The van der Waals surface area contributed by atoms with E-state index in [-0.39, 0.29) is 30.2 Å². The third-order valence-electron chi connectivity index (χ3n) is 3.51. The first kappa shape index (κ1) is 21.5. The topological polar surface area (TPSA) is 15.7 Å². The third kappa shape index (κ3) is 4.54. The van der Waals surface area contributed by atoms with Crippen molar-refractivity contribution in [2.24, 2.45) is 0 Å². The molecule has 0 spiro atoms. The van der Waals surface area contributed by atoms with Crippen LogP contribution in [0.5, 0.6) is 0 Å². The molecule has 0 atom stereocenters. The average Bonchev–Trinajstić information content (AvgIpc) is 2.46. The van der Waals surface area contributed by atoms with Gasteiger partial charge in [-0.15, -0.1) is 0 Å². The molecule has 24 heavy (non-hydrogen) atoms. The molecule has 1 radical (unpaired) electrons. The van der Waals surface area contributed by atoms with Crippen LogP contribution in [-0.4, -0.2) is 39.5 Å². The number of rotatable bonds is 1. The van der Waals surface area contributed by atoms with Crippen molar-refractivity contribution in [3.8, 4) is 0 Å². The summed E-state index contributed by atoms with van der Waals surface area (Å²) >= 11 is -2.22. The van der Waals surface area contributed by atoms with Crippen LogP contribution >= 0.6 is 0 Å². The second-order valence-corrected chi connectivity index (χ2v) is 12.6. The van der Waals surface area contributed by atoms with Crippen LogP contribution in [0.2, 0.25) is 0 Å². The van der Waals surface area contributed by atoms with Gasteiger partial charge in [0.05, 0.1) is 0 Å². The Kier molecular flexibility index (Phi) is 6.26. The van der Waals surface area contributed by atoms with Gasteiger partial charge in [0.25, 0.3) is 0 Å². The standard InChI is InChI=1S/C19H31GeN2O.H2S/c1-17(2,3)21-15-13-11-10-12-14-16(15)22(18(4,5)6)20(21)23-19(7,8)9;/h10-13H,1-9H3;1H2/p-1. The van der Waals surface area contributed by atoms with Crippen molar-refractivity contribution < 1.29 is 3.76 Å². The maximum absolute atomic E-state index is 6.69. The van der Waals surface area contributed by atoms with Crippen molar-refractivity contribution in [2.75, 3.05) is 0 Å². The smallest absolute Gasteiger partial charge is 0.813 e. The molecule has 5 heteroatoms. The van der Waals surface area contributed by atoms with E-state index < -0.39 is 15.1 Å². The zero-order chi connectivity index (χ0) is 17.6. The fraction of sp³-hybridized carbons (Fsp3) is 0.632. The molecule has 1 fully saturated rings. The maximum atomic E-state index is 6.69. The predicted molar refractivity (Wildman–Crippen MR) is 107 cm³/mol. The van der Waals surface area contributed by atoms with Gasteiger partial charge in [-0.05, 0) is 0 Å². The second kappa shape index (κ2) is 6.99. The van der Waals surface area contributed by atoms with Crippen LogP contribution in [-0.2, 0) is 17.3 Å². The summed E-state index contributed by atoms with van der Waals surface area (Å²) < 4.78 is 11.7. The maximum Gasteiger partial charge on any atom is -0.813 e. The molecule has 2 rings (SSSR count). The molecule has 0 N–H and O–H groups in total. The summed E-state index contributed by atoms with van der Waals surface area (Å²) in [7, 11) is 0. The van der Waals surface area contributed by atoms with Crippen LogP contribution in [0.15, 0.2) is 41.4 Å². The van der Waals surface area contributed by atoms with Crippen molar-refractivity contribution in [3.63, 3.8) is 0 Å². The third-order valence-corrected chi connectivity index (χ3v) is 10.6. The van der Waals surface area contributed by atoms with E-state index in [9.17, 15) is 0 Å². The number of thiol groups is 1. The molecule has 135 valence electrons. The molecule has 0 unspecified atom stereocenters. The minimum Gasteiger partial charge on any atom is -0.813 e. The summed E-state index contributed by atoms with van der Waals surface area (Å²) in [4.78, 5) is 0. The Morgan fingerprint density at radius 2 is 1.42 bits per heavy atom. The molecule has 1 heterocycles. The zero-order valence-corrected chi connectivity index (χ0v) is 19.6. The monoisotopic (exact) mass is 410 g/mol. The van der Waals surface area contributed by atoms with Gasteiger partial charge in [0.1, 0.15) is 0 Å².